The highest BCUT2D eigenvalue weighted by molar-refractivity contribution is 5.57. The van der Waals surface area contributed by atoms with E-state index < -0.39 is 6.10 Å². The monoisotopic (exact) mass is 336 g/mol. The summed E-state index contributed by atoms with van der Waals surface area (Å²) >= 11 is 0. The third-order valence-electron chi connectivity index (χ3n) is 3.84. The summed E-state index contributed by atoms with van der Waals surface area (Å²) in [5.74, 6) is 0.722. The molecule has 0 saturated heterocycles. The Hall–Kier alpha value is -2.92. The molecule has 1 unspecified atom stereocenters. The smallest absolute Gasteiger partial charge is 0.266 e. The van der Waals surface area contributed by atoms with Crippen LogP contribution in [0.5, 0.6) is 5.75 Å². The first-order valence-electron chi connectivity index (χ1n) is 8.13. The Balaban J connectivity index is 1.70. The lowest BCUT2D eigenvalue weighted by atomic mass is 10.1. The molecule has 5 heteroatoms. The van der Waals surface area contributed by atoms with Crippen LogP contribution in [0.1, 0.15) is 5.56 Å². The zero-order valence-electron chi connectivity index (χ0n) is 14.0. The maximum Gasteiger partial charge on any atom is 0.266 e. The summed E-state index contributed by atoms with van der Waals surface area (Å²) in [5, 5.41) is 14.6. The molecular formula is C20H20N2O3. The quantitative estimate of drug-likeness (QED) is 0.752. The molecule has 0 aliphatic carbocycles. The van der Waals surface area contributed by atoms with Crippen molar-refractivity contribution in [2.75, 3.05) is 6.61 Å². The van der Waals surface area contributed by atoms with Crippen LogP contribution in [-0.2, 0) is 6.54 Å². The Bertz CT molecular complexity index is 891. The van der Waals surface area contributed by atoms with Gasteiger partial charge < -0.3 is 9.84 Å². The average molecular weight is 336 g/mol. The number of para-hydroxylation sites is 1. The summed E-state index contributed by atoms with van der Waals surface area (Å²) in [6.45, 7) is 2.11. The summed E-state index contributed by atoms with van der Waals surface area (Å²) < 4.78 is 6.90. The molecule has 0 spiro atoms. The predicted molar refractivity (Wildman–Crippen MR) is 96.6 cm³/mol. The second-order valence-electron chi connectivity index (χ2n) is 5.84. The topological polar surface area (TPSA) is 64.3 Å². The van der Waals surface area contributed by atoms with Crippen LogP contribution in [0.2, 0.25) is 0 Å². The normalized spacial score (nSPS) is 11.9. The van der Waals surface area contributed by atoms with E-state index in [0.29, 0.717) is 5.69 Å². The first kappa shape index (κ1) is 16.9. The van der Waals surface area contributed by atoms with E-state index in [1.54, 1.807) is 6.07 Å². The first-order valence-corrected chi connectivity index (χ1v) is 8.13. The molecule has 128 valence electrons. The van der Waals surface area contributed by atoms with E-state index in [4.69, 9.17) is 4.74 Å². The van der Waals surface area contributed by atoms with Crippen molar-refractivity contribution < 1.29 is 9.84 Å². The van der Waals surface area contributed by atoms with E-state index in [0.717, 1.165) is 16.9 Å². The molecule has 0 bridgehead atoms. The number of aliphatic hydroxyl groups excluding tert-OH is 1. The highest BCUT2D eigenvalue weighted by Crippen LogP contribution is 2.17. The van der Waals surface area contributed by atoms with Gasteiger partial charge in [0.2, 0.25) is 0 Å². The molecule has 0 aliphatic heterocycles. The minimum absolute atomic E-state index is 0.0748. The highest BCUT2D eigenvalue weighted by atomic mass is 16.5. The molecule has 0 aliphatic rings. The molecule has 1 heterocycles. The standard InChI is InChI=1S/C20H20N2O3/c1-15-7-5-6-10-19(15)25-14-17(23)13-22-20(24)12-11-18(21-22)16-8-3-2-4-9-16/h2-12,17,23H,13-14H2,1H3. The first-order chi connectivity index (χ1) is 12.1. The number of nitrogens with zero attached hydrogens (tertiary/aromatic N) is 2. The Morgan fingerprint density at radius 3 is 2.52 bits per heavy atom. The lowest BCUT2D eigenvalue weighted by Crippen LogP contribution is -2.31. The van der Waals surface area contributed by atoms with Crippen LogP contribution in [0.3, 0.4) is 0 Å². The second kappa shape index (κ2) is 7.77. The van der Waals surface area contributed by atoms with E-state index >= 15 is 0 Å². The molecule has 0 amide bonds. The summed E-state index contributed by atoms with van der Waals surface area (Å²) in [7, 11) is 0. The van der Waals surface area contributed by atoms with Crippen LogP contribution >= 0.6 is 0 Å². The number of aryl methyl sites for hydroxylation is 1. The van der Waals surface area contributed by atoms with Crippen molar-refractivity contribution in [2.45, 2.75) is 19.6 Å². The number of hydrogen-bond acceptors (Lipinski definition) is 4. The van der Waals surface area contributed by atoms with E-state index in [1.807, 2.05) is 61.5 Å². The van der Waals surface area contributed by atoms with Gasteiger partial charge in [-0.15, -0.1) is 0 Å². The van der Waals surface area contributed by atoms with Gasteiger partial charge in [0.25, 0.3) is 5.56 Å². The van der Waals surface area contributed by atoms with E-state index in [1.165, 1.54) is 10.7 Å². The number of rotatable bonds is 6. The zero-order chi connectivity index (χ0) is 17.6. The van der Waals surface area contributed by atoms with Crippen molar-refractivity contribution in [3.05, 3.63) is 82.6 Å². The van der Waals surface area contributed by atoms with Crippen molar-refractivity contribution in [1.82, 2.24) is 9.78 Å². The van der Waals surface area contributed by atoms with Crippen molar-refractivity contribution in [3.8, 4) is 17.0 Å². The second-order valence-corrected chi connectivity index (χ2v) is 5.84. The summed E-state index contributed by atoms with van der Waals surface area (Å²) in [6.07, 6.45) is -0.837. The molecule has 25 heavy (non-hydrogen) atoms. The third-order valence-corrected chi connectivity index (χ3v) is 3.84. The van der Waals surface area contributed by atoms with Crippen molar-refractivity contribution >= 4 is 0 Å². The van der Waals surface area contributed by atoms with Crippen molar-refractivity contribution in [2.24, 2.45) is 0 Å². The Morgan fingerprint density at radius 1 is 1.04 bits per heavy atom. The van der Waals surface area contributed by atoms with Gasteiger partial charge in [-0.25, -0.2) is 4.68 Å². The molecule has 0 saturated carbocycles. The highest BCUT2D eigenvalue weighted by Gasteiger charge is 2.11. The minimum atomic E-state index is -0.837. The number of aromatic nitrogens is 2. The van der Waals surface area contributed by atoms with Gasteiger partial charge in [-0.3, -0.25) is 4.79 Å². The molecule has 0 fully saturated rings. The van der Waals surface area contributed by atoms with E-state index in [-0.39, 0.29) is 18.7 Å². The summed E-state index contributed by atoms with van der Waals surface area (Å²) in [4.78, 5) is 12.0. The van der Waals surface area contributed by atoms with Crippen LogP contribution in [0.15, 0.2) is 71.5 Å². The molecule has 1 aromatic heterocycles. The fraction of sp³-hybridized carbons (Fsp3) is 0.200. The SMILES string of the molecule is Cc1ccccc1OCC(O)Cn1nc(-c2ccccc2)ccc1=O. The van der Waals surface area contributed by atoms with E-state index in [2.05, 4.69) is 5.10 Å². The molecule has 0 radical (unpaired) electrons. The zero-order valence-corrected chi connectivity index (χ0v) is 14.0. The number of hydrogen-bond donors (Lipinski definition) is 1. The lowest BCUT2D eigenvalue weighted by Gasteiger charge is -2.15. The van der Waals surface area contributed by atoms with Gasteiger partial charge in [0.15, 0.2) is 0 Å². The largest absolute Gasteiger partial charge is 0.491 e. The van der Waals surface area contributed by atoms with Gasteiger partial charge in [-0.1, -0.05) is 48.5 Å². The molecular weight excluding hydrogens is 316 g/mol. The van der Waals surface area contributed by atoms with Gasteiger partial charge in [-0.05, 0) is 24.6 Å². The third kappa shape index (κ3) is 4.33. The Morgan fingerprint density at radius 2 is 1.76 bits per heavy atom. The van der Waals surface area contributed by atoms with Gasteiger partial charge >= 0.3 is 0 Å². The van der Waals surface area contributed by atoms with Crippen LogP contribution < -0.4 is 10.3 Å². The molecule has 1 N–H and O–H groups in total. The van der Waals surface area contributed by atoms with Crippen LogP contribution in [-0.4, -0.2) is 27.6 Å². The maximum absolute atomic E-state index is 12.0. The lowest BCUT2D eigenvalue weighted by molar-refractivity contribution is 0.0877. The molecule has 3 rings (SSSR count). The van der Waals surface area contributed by atoms with Crippen molar-refractivity contribution in [1.29, 1.82) is 0 Å². The fourth-order valence-electron chi connectivity index (χ4n) is 2.50. The summed E-state index contributed by atoms with van der Waals surface area (Å²) in [6, 6.07) is 20.3. The van der Waals surface area contributed by atoms with Gasteiger partial charge in [0.1, 0.15) is 18.5 Å². The maximum atomic E-state index is 12.0. The van der Waals surface area contributed by atoms with Crippen LogP contribution in [0.25, 0.3) is 11.3 Å². The van der Waals surface area contributed by atoms with Gasteiger partial charge in [0, 0.05) is 11.6 Å². The predicted octanol–water partition coefficient (Wildman–Crippen LogP) is 2.66. The molecule has 5 nitrogen and oxygen atoms in total. The van der Waals surface area contributed by atoms with E-state index in [9.17, 15) is 9.90 Å². The minimum Gasteiger partial charge on any atom is -0.491 e. The molecule has 2 aromatic carbocycles. The molecule has 3 aromatic rings. The molecule has 1 atom stereocenters. The summed E-state index contributed by atoms with van der Waals surface area (Å²) in [5.41, 5.74) is 2.35. The average Bonchev–Trinajstić information content (AvgIpc) is 2.63. The van der Waals surface area contributed by atoms with Gasteiger partial charge in [-0.2, -0.15) is 5.10 Å². The van der Waals surface area contributed by atoms with Crippen LogP contribution in [0.4, 0.5) is 0 Å². The number of aliphatic hydroxyl groups is 1. The van der Waals surface area contributed by atoms with Gasteiger partial charge in [0.05, 0.1) is 12.2 Å². The number of benzene rings is 2. The Kier molecular flexibility index (Phi) is 5.26. The van der Waals surface area contributed by atoms with Crippen molar-refractivity contribution in [3.63, 3.8) is 0 Å². The Labute approximate surface area is 146 Å². The van der Waals surface area contributed by atoms with Crippen LogP contribution in [0, 0.1) is 6.92 Å². The number of ether oxygens (including phenoxy) is 1. The fourth-order valence-corrected chi connectivity index (χ4v) is 2.50.